The first-order valence-corrected chi connectivity index (χ1v) is 11.4. The fourth-order valence-corrected chi connectivity index (χ4v) is 4.36. The van der Waals surface area contributed by atoms with Crippen molar-refractivity contribution in [2.45, 2.75) is 45.2 Å². The highest BCUT2D eigenvalue weighted by atomic mass is 16.2. The minimum atomic E-state index is -0.136. The maximum Gasteiger partial charge on any atom is 0.250 e. The summed E-state index contributed by atoms with van der Waals surface area (Å²) in [7, 11) is 3.83. The van der Waals surface area contributed by atoms with Gasteiger partial charge in [-0.3, -0.25) is 14.6 Å². The first-order chi connectivity index (χ1) is 16.0. The minimum absolute atomic E-state index is 0.0397. The monoisotopic (exact) mass is 446 g/mol. The van der Waals surface area contributed by atoms with E-state index in [1.807, 2.05) is 55.3 Å². The van der Waals surface area contributed by atoms with E-state index in [1.54, 1.807) is 23.0 Å². The molecule has 1 amide bonds. The molecular formula is C25H30N6O2. The summed E-state index contributed by atoms with van der Waals surface area (Å²) < 4.78 is 1.58. The Kier molecular flexibility index (Phi) is 6.82. The molecule has 0 N–H and O–H groups in total. The third-order valence-electron chi connectivity index (χ3n) is 6.12. The molecule has 1 fully saturated rings. The fraction of sp³-hybridized carbons (Fsp3) is 0.400. The second-order valence-electron chi connectivity index (χ2n) is 8.63. The maximum atomic E-state index is 13.3. The van der Waals surface area contributed by atoms with Crippen LogP contribution in [0.15, 0.2) is 53.8 Å². The third kappa shape index (κ3) is 4.94. The van der Waals surface area contributed by atoms with Gasteiger partial charge in [-0.05, 0) is 49.4 Å². The first kappa shape index (κ1) is 22.6. The molecule has 0 radical (unpaired) electrons. The van der Waals surface area contributed by atoms with Gasteiger partial charge in [-0.25, -0.2) is 9.97 Å². The van der Waals surface area contributed by atoms with Crippen molar-refractivity contribution in [3.8, 4) is 11.1 Å². The molecule has 1 atom stereocenters. The number of hydrogen-bond donors (Lipinski definition) is 0. The van der Waals surface area contributed by atoms with Gasteiger partial charge in [0.15, 0.2) is 0 Å². The van der Waals surface area contributed by atoms with E-state index < -0.39 is 0 Å². The molecular weight excluding hydrogens is 416 g/mol. The molecule has 1 aliphatic heterocycles. The average Bonchev–Trinajstić information content (AvgIpc) is 2.83. The van der Waals surface area contributed by atoms with Crippen LogP contribution in [0, 0.1) is 6.92 Å². The van der Waals surface area contributed by atoms with Crippen molar-refractivity contribution in [1.82, 2.24) is 24.4 Å². The van der Waals surface area contributed by atoms with Gasteiger partial charge in [0.05, 0.1) is 11.7 Å². The lowest BCUT2D eigenvalue weighted by Gasteiger charge is -2.36. The van der Waals surface area contributed by atoms with Crippen LogP contribution in [0.3, 0.4) is 0 Å². The van der Waals surface area contributed by atoms with Crippen LogP contribution in [0.1, 0.15) is 43.0 Å². The standard InChI is InChI=1S/C25H30N6O2/c1-18-16-26-12-10-19(18)20-17-27-25(29(2)3)28-24(20)21-8-4-7-14-31(21)23(33)11-15-30-13-6-5-9-22(30)32/h5-6,9-10,12-13,16-17,21H,4,7-8,11,14-15H2,1-3H3/t21-/m0/s1. The molecule has 4 heterocycles. The second-order valence-corrected chi connectivity index (χ2v) is 8.63. The molecule has 0 bridgehead atoms. The van der Waals surface area contributed by atoms with E-state index in [1.165, 1.54) is 6.07 Å². The Balaban J connectivity index is 1.68. The molecule has 3 aromatic heterocycles. The Labute approximate surface area is 193 Å². The molecule has 0 unspecified atom stereocenters. The van der Waals surface area contributed by atoms with Crippen LogP contribution in [0.4, 0.5) is 5.95 Å². The summed E-state index contributed by atoms with van der Waals surface area (Å²) in [5.74, 6) is 0.659. The van der Waals surface area contributed by atoms with Crippen LogP contribution in [0.25, 0.3) is 11.1 Å². The number of carbonyl (C=O) groups is 1. The average molecular weight is 447 g/mol. The molecule has 4 rings (SSSR count). The third-order valence-corrected chi connectivity index (χ3v) is 6.12. The number of pyridine rings is 2. The number of amides is 1. The van der Waals surface area contributed by atoms with E-state index in [0.29, 0.717) is 19.0 Å². The minimum Gasteiger partial charge on any atom is -0.347 e. The normalized spacial score (nSPS) is 16.0. The fourth-order valence-electron chi connectivity index (χ4n) is 4.36. The van der Waals surface area contributed by atoms with Crippen LogP contribution >= 0.6 is 0 Å². The van der Waals surface area contributed by atoms with Gasteiger partial charge in [-0.1, -0.05) is 6.07 Å². The maximum absolute atomic E-state index is 13.3. The van der Waals surface area contributed by atoms with Crippen LogP contribution in [0.2, 0.25) is 0 Å². The van der Waals surface area contributed by atoms with Gasteiger partial charge in [0.25, 0.3) is 5.56 Å². The predicted molar refractivity (Wildman–Crippen MR) is 128 cm³/mol. The molecule has 0 spiro atoms. The van der Waals surface area contributed by atoms with E-state index in [0.717, 1.165) is 41.6 Å². The van der Waals surface area contributed by atoms with Gasteiger partial charge in [0.2, 0.25) is 11.9 Å². The van der Waals surface area contributed by atoms with Crippen molar-refractivity contribution >= 4 is 11.9 Å². The summed E-state index contributed by atoms with van der Waals surface area (Å²) in [5.41, 5.74) is 3.77. The summed E-state index contributed by atoms with van der Waals surface area (Å²) in [5, 5.41) is 0. The molecule has 1 aliphatic rings. The molecule has 8 heteroatoms. The number of likely N-dealkylation sites (tertiary alicyclic amines) is 1. The van der Waals surface area contributed by atoms with Crippen molar-refractivity contribution in [2.75, 3.05) is 25.5 Å². The highest BCUT2D eigenvalue weighted by Gasteiger charge is 2.31. The van der Waals surface area contributed by atoms with Crippen LogP contribution in [-0.2, 0) is 11.3 Å². The zero-order valence-electron chi connectivity index (χ0n) is 19.4. The van der Waals surface area contributed by atoms with Crippen LogP contribution in [0.5, 0.6) is 0 Å². The highest BCUT2D eigenvalue weighted by Crippen LogP contribution is 2.37. The van der Waals surface area contributed by atoms with Gasteiger partial charge in [0.1, 0.15) is 0 Å². The smallest absolute Gasteiger partial charge is 0.250 e. The molecule has 1 saturated heterocycles. The van der Waals surface area contributed by atoms with Gasteiger partial charge < -0.3 is 14.4 Å². The molecule has 3 aromatic rings. The number of anilines is 1. The molecule has 0 aliphatic carbocycles. The molecule has 0 aromatic carbocycles. The van der Waals surface area contributed by atoms with Crippen molar-refractivity contribution < 1.29 is 4.79 Å². The number of aryl methyl sites for hydroxylation is 2. The molecule has 172 valence electrons. The van der Waals surface area contributed by atoms with E-state index in [-0.39, 0.29) is 23.9 Å². The van der Waals surface area contributed by atoms with Crippen molar-refractivity contribution in [2.24, 2.45) is 0 Å². The lowest BCUT2D eigenvalue weighted by Crippen LogP contribution is -2.40. The Morgan fingerprint density at radius 3 is 2.76 bits per heavy atom. The molecule has 8 nitrogen and oxygen atoms in total. The second kappa shape index (κ2) is 9.94. The van der Waals surface area contributed by atoms with Gasteiger partial charge in [-0.2, -0.15) is 0 Å². The first-order valence-electron chi connectivity index (χ1n) is 11.4. The number of hydrogen-bond acceptors (Lipinski definition) is 6. The zero-order valence-corrected chi connectivity index (χ0v) is 19.4. The number of piperidine rings is 1. The Bertz CT molecular complexity index is 1190. The van der Waals surface area contributed by atoms with Crippen LogP contribution in [-0.4, -0.2) is 51.0 Å². The molecule has 33 heavy (non-hydrogen) atoms. The molecule has 0 saturated carbocycles. The predicted octanol–water partition coefficient (Wildman–Crippen LogP) is 3.22. The highest BCUT2D eigenvalue weighted by molar-refractivity contribution is 5.78. The summed E-state index contributed by atoms with van der Waals surface area (Å²) >= 11 is 0. The number of nitrogens with zero attached hydrogens (tertiary/aromatic N) is 6. The summed E-state index contributed by atoms with van der Waals surface area (Å²) in [6.45, 7) is 3.07. The number of aromatic nitrogens is 4. The van der Waals surface area contributed by atoms with Crippen molar-refractivity contribution in [1.29, 1.82) is 0 Å². The van der Waals surface area contributed by atoms with E-state index >= 15 is 0 Å². The van der Waals surface area contributed by atoms with Gasteiger partial charge >= 0.3 is 0 Å². The van der Waals surface area contributed by atoms with Crippen molar-refractivity contribution in [3.05, 3.63) is 70.7 Å². The zero-order chi connectivity index (χ0) is 23.4. The van der Waals surface area contributed by atoms with E-state index in [4.69, 9.17) is 4.98 Å². The SMILES string of the molecule is Cc1cnccc1-c1cnc(N(C)C)nc1[C@@H]1CCCCN1C(=O)CCn1ccccc1=O. The number of carbonyl (C=O) groups excluding carboxylic acids is 1. The lowest BCUT2D eigenvalue weighted by atomic mass is 9.92. The van der Waals surface area contributed by atoms with Crippen LogP contribution < -0.4 is 10.5 Å². The van der Waals surface area contributed by atoms with E-state index in [2.05, 4.69) is 9.97 Å². The quantitative estimate of drug-likeness (QED) is 0.578. The van der Waals surface area contributed by atoms with Gasteiger partial charge in [0, 0.05) is 70.0 Å². The Morgan fingerprint density at radius 1 is 1.15 bits per heavy atom. The Hall–Kier alpha value is -3.55. The summed E-state index contributed by atoms with van der Waals surface area (Å²) in [4.78, 5) is 42.9. The van der Waals surface area contributed by atoms with Crippen molar-refractivity contribution in [3.63, 3.8) is 0 Å². The number of rotatable bonds is 6. The summed E-state index contributed by atoms with van der Waals surface area (Å²) in [6.07, 6.45) is 10.3. The Morgan fingerprint density at radius 2 is 2.00 bits per heavy atom. The lowest BCUT2D eigenvalue weighted by molar-refractivity contribution is -0.135. The topological polar surface area (TPSA) is 84.2 Å². The van der Waals surface area contributed by atoms with E-state index in [9.17, 15) is 9.59 Å². The summed E-state index contributed by atoms with van der Waals surface area (Å²) in [6, 6.07) is 6.87. The largest absolute Gasteiger partial charge is 0.347 e. The van der Waals surface area contributed by atoms with Gasteiger partial charge in [-0.15, -0.1) is 0 Å².